The number of dihydropyridines is 1. The van der Waals surface area contributed by atoms with Crippen LogP contribution in [-0.2, 0) is 27.5 Å². The van der Waals surface area contributed by atoms with Crippen molar-refractivity contribution in [2.45, 2.75) is 45.3 Å². The van der Waals surface area contributed by atoms with Crippen LogP contribution >= 0.6 is 0 Å². The van der Waals surface area contributed by atoms with E-state index in [0.717, 1.165) is 35.2 Å². The molecule has 3 aromatic rings. The molecule has 6 nitrogen and oxygen atoms in total. The third-order valence-corrected chi connectivity index (χ3v) is 6.96. The van der Waals surface area contributed by atoms with E-state index in [1.807, 2.05) is 85.8 Å². The summed E-state index contributed by atoms with van der Waals surface area (Å²) in [5.41, 5.74) is 5.50. The van der Waals surface area contributed by atoms with Gasteiger partial charge in [0.25, 0.3) is 0 Å². The molecule has 0 saturated carbocycles. The summed E-state index contributed by atoms with van der Waals surface area (Å²) in [4.78, 5) is 26.1. The lowest BCUT2D eigenvalue weighted by molar-refractivity contribution is -0.136. The largest absolute Gasteiger partial charge is 0.485 e. The summed E-state index contributed by atoms with van der Waals surface area (Å²) in [5.74, 6) is 0.184. The summed E-state index contributed by atoms with van der Waals surface area (Å²) in [6.07, 6.45) is 2.01. The Morgan fingerprint density at radius 2 is 1.50 bits per heavy atom. The number of methoxy groups -OCH3 is 1. The number of hydrogen-bond donors (Lipinski definition) is 1. The monoisotopic (exact) mass is 509 g/mol. The second-order valence-corrected chi connectivity index (χ2v) is 9.51. The highest BCUT2D eigenvalue weighted by molar-refractivity contribution is 6.03. The number of ketones is 1. The Kier molecular flexibility index (Phi) is 7.59. The summed E-state index contributed by atoms with van der Waals surface area (Å²) in [5, 5.41) is 3.31. The molecule has 0 radical (unpaired) electrons. The number of allylic oxidation sites excluding steroid dienone is 3. The van der Waals surface area contributed by atoms with Gasteiger partial charge in [-0.3, -0.25) is 4.79 Å². The van der Waals surface area contributed by atoms with E-state index in [9.17, 15) is 9.59 Å². The van der Waals surface area contributed by atoms with Gasteiger partial charge in [0.15, 0.2) is 17.3 Å². The Labute approximate surface area is 222 Å². The first-order chi connectivity index (χ1) is 18.5. The lowest BCUT2D eigenvalue weighted by Gasteiger charge is -2.34. The van der Waals surface area contributed by atoms with Crippen molar-refractivity contribution in [3.8, 4) is 11.5 Å². The molecule has 0 fully saturated rings. The molecule has 2 aliphatic rings. The van der Waals surface area contributed by atoms with E-state index in [-0.39, 0.29) is 5.78 Å². The molecular formula is C32H31NO5. The van der Waals surface area contributed by atoms with Crippen LogP contribution in [0, 0.1) is 0 Å². The number of benzene rings is 3. The van der Waals surface area contributed by atoms with Crippen molar-refractivity contribution in [3.05, 3.63) is 118 Å². The minimum atomic E-state index is -0.547. The molecule has 5 rings (SSSR count). The standard InChI is InChI=1S/C32H31NO5/c1-21-29(32(35)36-2)30(31-25(33-21)14-9-15-26(31)34)24-16-17-27(37-19-22-10-5-3-6-11-22)28(18-24)38-20-23-12-7-4-8-13-23/h3-8,10-13,16-18,30,33H,9,14-15,19-20H2,1-2H3. The van der Waals surface area contributed by atoms with E-state index in [0.29, 0.717) is 48.0 Å². The molecule has 38 heavy (non-hydrogen) atoms. The third-order valence-electron chi connectivity index (χ3n) is 6.96. The second kappa shape index (κ2) is 11.4. The molecule has 1 heterocycles. The summed E-state index contributed by atoms with van der Waals surface area (Å²) in [7, 11) is 1.36. The molecule has 3 aromatic carbocycles. The van der Waals surface area contributed by atoms with Crippen LogP contribution in [0.25, 0.3) is 0 Å². The van der Waals surface area contributed by atoms with E-state index in [4.69, 9.17) is 14.2 Å². The summed E-state index contributed by atoms with van der Waals surface area (Å²) < 4.78 is 17.6. The van der Waals surface area contributed by atoms with Crippen LogP contribution in [0.5, 0.6) is 11.5 Å². The Balaban J connectivity index is 1.55. The van der Waals surface area contributed by atoms with Gasteiger partial charge in [-0.2, -0.15) is 0 Å². The maximum Gasteiger partial charge on any atom is 0.336 e. The zero-order valence-corrected chi connectivity index (χ0v) is 21.7. The minimum absolute atomic E-state index is 0.0498. The highest BCUT2D eigenvalue weighted by Crippen LogP contribution is 2.44. The van der Waals surface area contributed by atoms with E-state index in [1.165, 1.54) is 7.11 Å². The maximum atomic E-state index is 13.2. The highest BCUT2D eigenvalue weighted by Gasteiger charge is 2.39. The van der Waals surface area contributed by atoms with E-state index < -0.39 is 11.9 Å². The van der Waals surface area contributed by atoms with Gasteiger partial charge in [-0.15, -0.1) is 0 Å². The zero-order chi connectivity index (χ0) is 26.5. The first kappa shape index (κ1) is 25.3. The fourth-order valence-corrected chi connectivity index (χ4v) is 5.10. The molecule has 1 atom stereocenters. The second-order valence-electron chi connectivity index (χ2n) is 9.51. The Bertz CT molecular complexity index is 1390. The number of carbonyl (C=O) groups is 2. The Morgan fingerprint density at radius 1 is 0.868 bits per heavy atom. The molecule has 1 N–H and O–H groups in total. The first-order valence-corrected chi connectivity index (χ1v) is 12.8. The molecule has 1 aliphatic heterocycles. The van der Waals surface area contributed by atoms with Crippen LogP contribution in [-0.4, -0.2) is 18.9 Å². The number of ether oxygens (including phenoxy) is 3. The van der Waals surface area contributed by atoms with E-state index in [2.05, 4.69) is 5.32 Å². The molecule has 0 aromatic heterocycles. The minimum Gasteiger partial charge on any atom is -0.485 e. The highest BCUT2D eigenvalue weighted by atomic mass is 16.5. The van der Waals surface area contributed by atoms with Gasteiger partial charge in [-0.25, -0.2) is 4.79 Å². The van der Waals surface area contributed by atoms with Gasteiger partial charge >= 0.3 is 5.97 Å². The van der Waals surface area contributed by atoms with Crippen LogP contribution in [0.15, 0.2) is 101 Å². The van der Waals surface area contributed by atoms with Crippen molar-refractivity contribution in [1.29, 1.82) is 0 Å². The van der Waals surface area contributed by atoms with Gasteiger partial charge in [0.2, 0.25) is 0 Å². The molecule has 6 heteroatoms. The van der Waals surface area contributed by atoms with Crippen molar-refractivity contribution >= 4 is 11.8 Å². The summed E-state index contributed by atoms with van der Waals surface area (Å²) >= 11 is 0. The van der Waals surface area contributed by atoms with Gasteiger partial charge in [0.05, 0.1) is 12.7 Å². The van der Waals surface area contributed by atoms with E-state index >= 15 is 0 Å². The van der Waals surface area contributed by atoms with Crippen molar-refractivity contribution in [2.24, 2.45) is 0 Å². The number of hydrogen-bond acceptors (Lipinski definition) is 6. The topological polar surface area (TPSA) is 73.9 Å². The van der Waals surface area contributed by atoms with Crippen LogP contribution in [0.1, 0.15) is 48.8 Å². The average molecular weight is 510 g/mol. The maximum absolute atomic E-state index is 13.2. The zero-order valence-electron chi connectivity index (χ0n) is 21.7. The number of nitrogens with one attached hydrogen (secondary N) is 1. The van der Waals surface area contributed by atoms with Crippen molar-refractivity contribution < 1.29 is 23.8 Å². The number of esters is 1. The quantitative estimate of drug-likeness (QED) is 0.376. The molecular weight excluding hydrogens is 478 g/mol. The first-order valence-electron chi connectivity index (χ1n) is 12.8. The van der Waals surface area contributed by atoms with Gasteiger partial charge in [0, 0.05) is 29.3 Å². The predicted octanol–water partition coefficient (Wildman–Crippen LogP) is 5.99. The Morgan fingerprint density at radius 3 is 2.13 bits per heavy atom. The van der Waals surface area contributed by atoms with Gasteiger partial charge in [-0.1, -0.05) is 66.7 Å². The Hall–Kier alpha value is -4.32. The average Bonchev–Trinajstić information content (AvgIpc) is 2.95. The molecule has 194 valence electrons. The van der Waals surface area contributed by atoms with Gasteiger partial charge < -0.3 is 19.5 Å². The third kappa shape index (κ3) is 5.35. The molecule has 0 amide bonds. The van der Waals surface area contributed by atoms with Crippen LogP contribution in [0.2, 0.25) is 0 Å². The number of rotatable bonds is 8. The van der Waals surface area contributed by atoms with Gasteiger partial charge in [0.1, 0.15) is 13.2 Å². The molecule has 1 unspecified atom stereocenters. The van der Waals surface area contributed by atoms with Gasteiger partial charge in [-0.05, 0) is 48.6 Å². The van der Waals surface area contributed by atoms with Crippen molar-refractivity contribution in [3.63, 3.8) is 0 Å². The van der Waals surface area contributed by atoms with Crippen LogP contribution < -0.4 is 14.8 Å². The predicted molar refractivity (Wildman–Crippen MR) is 144 cm³/mol. The van der Waals surface area contributed by atoms with Crippen molar-refractivity contribution in [1.82, 2.24) is 5.32 Å². The molecule has 0 spiro atoms. The van der Waals surface area contributed by atoms with Crippen molar-refractivity contribution in [2.75, 3.05) is 7.11 Å². The fraction of sp³-hybridized carbons (Fsp3) is 0.250. The lowest BCUT2D eigenvalue weighted by atomic mass is 9.75. The van der Waals surface area contributed by atoms with Crippen LogP contribution in [0.4, 0.5) is 0 Å². The number of Topliss-reactive ketones (excluding diaryl/α,β-unsaturated/α-hetero) is 1. The molecule has 1 aliphatic carbocycles. The number of carbonyl (C=O) groups excluding carboxylic acids is 2. The normalized spacial score (nSPS) is 17.0. The summed E-state index contributed by atoms with van der Waals surface area (Å²) in [6, 6.07) is 25.5. The lowest BCUT2D eigenvalue weighted by Crippen LogP contribution is -2.34. The smallest absolute Gasteiger partial charge is 0.336 e. The van der Waals surface area contributed by atoms with Crippen LogP contribution in [0.3, 0.4) is 0 Å². The fourth-order valence-electron chi connectivity index (χ4n) is 5.10. The van der Waals surface area contributed by atoms with E-state index in [1.54, 1.807) is 0 Å². The SMILES string of the molecule is COC(=O)C1=C(C)NC2=C(C(=O)CCC2)C1c1ccc(OCc2ccccc2)c(OCc2ccccc2)c1. The summed E-state index contributed by atoms with van der Waals surface area (Å²) in [6.45, 7) is 2.59. The molecule has 0 saturated heterocycles. The molecule has 0 bridgehead atoms.